The van der Waals surface area contributed by atoms with E-state index in [2.05, 4.69) is 15.9 Å². The topological polar surface area (TPSA) is 70.1 Å². The molecule has 1 aliphatic heterocycles. The average molecular weight is 523 g/mol. The van der Waals surface area contributed by atoms with Crippen LogP contribution in [0, 0.1) is 0 Å². The standard InChI is InChI=1S/C25H19BrN2O4S/c1-2-32-21-15-16(14-20(26)22(21)29)13-19-23(30)27(17-9-5-3-6-10-17)25(33)28(24(19)31)18-11-7-4-8-12-18/h3-15,29H,2H2,1H3. The zero-order valence-corrected chi connectivity index (χ0v) is 20.0. The minimum Gasteiger partial charge on any atom is -0.503 e. The van der Waals surface area contributed by atoms with Crippen LogP contribution >= 0.6 is 28.1 Å². The lowest BCUT2D eigenvalue weighted by atomic mass is 10.0. The molecule has 166 valence electrons. The predicted molar refractivity (Wildman–Crippen MR) is 135 cm³/mol. The number of anilines is 2. The maximum absolute atomic E-state index is 13.5. The molecule has 1 saturated heterocycles. The molecule has 1 N–H and O–H groups in total. The summed E-state index contributed by atoms with van der Waals surface area (Å²) in [6.45, 7) is 2.14. The Kier molecular flexibility index (Phi) is 6.57. The van der Waals surface area contributed by atoms with Crippen molar-refractivity contribution in [2.45, 2.75) is 6.92 Å². The monoisotopic (exact) mass is 522 g/mol. The van der Waals surface area contributed by atoms with Gasteiger partial charge in [0.1, 0.15) is 5.57 Å². The molecular weight excluding hydrogens is 504 g/mol. The van der Waals surface area contributed by atoms with Crippen molar-refractivity contribution in [2.75, 3.05) is 16.4 Å². The molecule has 33 heavy (non-hydrogen) atoms. The fourth-order valence-corrected chi connectivity index (χ4v) is 4.28. The van der Waals surface area contributed by atoms with Crippen LogP contribution in [0.2, 0.25) is 0 Å². The first-order valence-corrected chi connectivity index (χ1v) is 11.3. The summed E-state index contributed by atoms with van der Waals surface area (Å²) in [5.41, 5.74) is 1.53. The second-order valence-electron chi connectivity index (χ2n) is 7.08. The van der Waals surface area contributed by atoms with E-state index in [0.717, 1.165) is 0 Å². The fraction of sp³-hybridized carbons (Fsp3) is 0.0800. The number of rotatable bonds is 5. The van der Waals surface area contributed by atoms with Crippen LogP contribution < -0.4 is 14.5 Å². The quantitative estimate of drug-likeness (QED) is 0.279. The molecule has 1 heterocycles. The molecule has 0 unspecified atom stereocenters. The third kappa shape index (κ3) is 4.40. The summed E-state index contributed by atoms with van der Waals surface area (Å²) in [7, 11) is 0. The number of hydrogen-bond acceptors (Lipinski definition) is 5. The molecule has 0 aromatic heterocycles. The fourth-order valence-electron chi connectivity index (χ4n) is 3.45. The van der Waals surface area contributed by atoms with Gasteiger partial charge in [0.15, 0.2) is 16.6 Å². The van der Waals surface area contributed by atoms with Crippen LogP contribution in [0.25, 0.3) is 6.08 Å². The number of aromatic hydroxyl groups is 1. The number of phenolic OH excluding ortho intramolecular Hbond substituents is 1. The molecule has 6 nitrogen and oxygen atoms in total. The Morgan fingerprint density at radius 3 is 1.94 bits per heavy atom. The molecule has 2 amide bonds. The highest BCUT2D eigenvalue weighted by Crippen LogP contribution is 2.37. The van der Waals surface area contributed by atoms with Crippen molar-refractivity contribution in [3.05, 3.63) is 88.4 Å². The molecular formula is C25H19BrN2O4S. The average Bonchev–Trinajstić information content (AvgIpc) is 2.81. The highest BCUT2D eigenvalue weighted by atomic mass is 79.9. The number of nitrogens with zero attached hydrogens (tertiary/aromatic N) is 2. The van der Waals surface area contributed by atoms with Crippen LogP contribution in [0.15, 0.2) is 82.8 Å². The number of hydrogen-bond donors (Lipinski definition) is 1. The van der Waals surface area contributed by atoms with Crippen molar-refractivity contribution >= 4 is 62.5 Å². The van der Waals surface area contributed by atoms with E-state index in [-0.39, 0.29) is 22.2 Å². The molecule has 3 aromatic carbocycles. The molecule has 1 fully saturated rings. The zero-order chi connectivity index (χ0) is 23.5. The predicted octanol–water partition coefficient (Wildman–Crippen LogP) is 5.30. The van der Waals surface area contributed by atoms with Gasteiger partial charge >= 0.3 is 0 Å². The van der Waals surface area contributed by atoms with Crippen molar-refractivity contribution in [3.63, 3.8) is 0 Å². The van der Waals surface area contributed by atoms with Gasteiger partial charge in [0, 0.05) is 0 Å². The van der Waals surface area contributed by atoms with E-state index >= 15 is 0 Å². The minimum atomic E-state index is -0.537. The lowest BCUT2D eigenvalue weighted by molar-refractivity contribution is -0.120. The zero-order valence-electron chi connectivity index (χ0n) is 17.6. The van der Waals surface area contributed by atoms with Crippen molar-refractivity contribution in [3.8, 4) is 11.5 Å². The Labute approximate surface area is 204 Å². The van der Waals surface area contributed by atoms with Gasteiger partial charge in [-0.2, -0.15) is 0 Å². The molecule has 1 aliphatic rings. The highest BCUT2D eigenvalue weighted by molar-refractivity contribution is 9.10. The number of ether oxygens (including phenoxy) is 1. The van der Waals surface area contributed by atoms with Gasteiger partial charge in [-0.25, -0.2) is 0 Å². The number of carbonyl (C=O) groups excluding carboxylic acids is 2. The number of para-hydroxylation sites is 2. The van der Waals surface area contributed by atoms with Crippen molar-refractivity contribution in [2.24, 2.45) is 0 Å². The van der Waals surface area contributed by atoms with Gasteiger partial charge in [0.2, 0.25) is 0 Å². The third-order valence-corrected chi connectivity index (χ3v) is 5.91. The number of benzene rings is 3. The van der Waals surface area contributed by atoms with Gasteiger partial charge in [0.25, 0.3) is 11.8 Å². The summed E-state index contributed by atoms with van der Waals surface area (Å²) in [4.78, 5) is 29.7. The lowest BCUT2D eigenvalue weighted by Gasteiger charge is -2.36. The van der Waals surface area contributed by atoms with E-state index in [0.29, 0.717) is 28.0 Å². The number of halogens is 1. The van der Waals surface area contributed by atoms with Crippen LogP contribution in [-0.4, -0.2) is 28.6 Å². The van der Waals surface area contributed by atoms with E-state index in [4.69, 9.17) is 17.0 Å². The largest absolute Gasteiger partial charge is 0.503 e. The van der Waals surface area contributed by atoms with E-state index in [1.165, 1.54) is 15.9 Å². The van der Waals surface area contributed by atoms with Crippen LogP contribution in [0.3, 0.4) is 0 Å². The number of carbonyl (C=O) groups is 2. The molecule has 8 heteroatoms. The molecule has 3 aromatic rings. The Balaban J connectivity index is 1.87. The second-order valence-corrected chi connectivity index (χ2v) is 8.29. The van der Waals surface area contributed by atoms with Crippen LogP contribution in [0.4, 0.5) is 11.4 Å². The minimum absolute atomic E-state index is 0.0571. The SMILES string of the molecule is CCOc1cc(C=C2C(=O)N(c3ccccc3)C(=S)N(c3ccccc3)C2=O)cc(Br)c1O. The molecule has 0 saturated carbocycles. The maximum Gasteiger partial charge on any atom is 0.270 e. The Hall–Kier alpha value is -3.49. The van der Waals surface area contributed by atoms with E-state index in [1.54, 1.807) is 67.6 Å². The second kappa shape index (κ2) is 9.56. The Morgan fingerprint density at radius 1 is 0.939 bits per heavy atom. The number of amides is 2. The third-order valence-electron chi connectivity index (χ3n) is 4.94. The molecule has 0 bridgehead atoms. The lowest BCUT2D eigenvalue weighted by Crippen LogP contribution is -2.56. The first-order chi connectivity index (χ1) is 15.9. The molecule has 0 aliphatic carbocycles. The van der Waals surface area contributed by atoms with E-state index < -0.39 is 11.8 Å². The van der Waals surface area contributed by atoms with Crippen molar-refractivity contribution < 1.29 is 19.4 Å². The highest BCUT2D eigenvalue weighted by Gasteiger charge is 2.41. The van der Waals surface area contributed by atoms with Crippen LogP contribution in [-0.2, 0) is 9.59 Å². The number of thiocarbonyl (C=S) groups is 1. The van der Waals surface area contributed by atoms with Gasteiger partial charge < -0.3 is 9.84 Å². The molecule has 0 spiro atoms. The smallest absolute Gasteiger partial charge is 0.270 e. The number of phenols is 1. The summed E-state index contributed by atoms with van der Waals surface area (Å²) in [6, 6.07) is 21.1. The maximum atomic E-state index is 13.5. The van der Waals surface area contributed by atoms with Gasteiger partial charge in [-0.15, -0.1) is 0 Å². The van der Waals surface area contributed by atoms with Gasteiger partial charge in [-0.05, 0) is 83.1 Å². The first-order valence-electron chi connectivity index (χ1n) is 10.1. The van der Waals surface area contributed by atoms with E-state index in [9.17, 15) is 14.7 Å². The molecule has 0 radical (unpaired) electrons. The summed E-state index contributed by atoms with van der Waals surface area (Å²) >= 11 is 8.90. The first kappa shape index (κ1) is 22.7. The van der Waals surface area contributed by atoms with Crippen molar-refractivity contribution in [1.82, 2.24) is 0 Å². The summed E-state index contributed by atoms with van der Waals surface area (Å²) < 4.78 is 5.86. The Bertz CT molecular complexity index is 1200. The van der Waals surface area contributed by atoms with Gasteiger partial charge in [0.05, 0.1) is 22.5 Å². The molecule has 0 atom stereocenters. The summed E-state index contributed by atoms with van der Waals surface area (Å²) in [5, 5.41) is 10.3. The van der Waals surface area contributed by atoms with Gasteiger partial charge in [-0.1, -0.05) is 36.4 Å². The van der Waals surface area contributed by atoms with Gasteiger partial charge in [-0.3, -0.25) is 19.4 Å². The van der Waals surface area contributed by atoms with Crippen LogP contribution in [0.5, 0.6) is 11.5 Å². The Morgan fingerprint density at radius 2 is 1.45 bits per heavy atom. The van der Waals surface area contributed by atoms with E-state index in [1.807, 2.05) is 12.1 Å². The van der Waals surface area contributed by atoms with Crippen molar-refractivity contribution in [1.29, 1.82) is 0 Å². The van der Waals surface area contributed by atoms with Crippen LogP contribution in [0.1, 0.15) is 12.5 Å². The summed E-state index contributed by atoms with van der Waals surface area (Å²) in [6.07, 6.45) is 1.48. The molecule has 4 rings (SSSR count). The normalized spacial score (nSPS) is 14.0. The summed E-state index contributed by atoms with van der Waals surface area (Å²) in [5.74, 6) is -0.890.